The van der Waals surface area contributed by atoms with Crippen molar-refractivity contribution < 1.29 is 23.0 Å². The quantitative estimate of drug-likeness (QED) is 0.747. The lowest BCUT2D eigenvalue weighted by molar-refractivity contribution is -0.0515. The van der Waals surface area contributed by atoms with Gasteiger partial charge >= 0.3 is 6.61 Å². The van der Waals surface area contributed by atoms with Gasteiger partial charge in [-0.15, -0.1) is 0 Å². The molecule has 0 bridgehead atoms. The Balaban J connectivity index is 2.28. The fourth-order valence-electron chi connectivity index (χ4n) is 2.27. The van der Waals surface area contributed by atoms with Gasteiger partial charge in [-0.2, -0.15) is 8.78 Å². The third kappa shape index (κ3) is 4.74. The number of carbonyl (C=O) groups is 1. The van der Waals surface area contributed by atoms with Crippen LogP contribution in [0.3, 0.4) is 0 Å². The normalized spacial score (nSPS) is 12.0. The van der Waals surface area contributed by atoms with Crippen LogP contribution in [0, 0.1) is 0 Å². The third-order valence-electron chi connectivity index (χ3n) is 3.43. The van der Waals surface area contributed by atoms with E-state index in [0.717, 1.165) is 0 Å². The predicted molar refractivity (Wildman–Crippen MR) is 92.0 cm³/mol. The number of rotatable bonds is 6. The molecule has 0 saturated heterocycles. The molecule has 1 atom stereocenters. The largest absolute Gasteiger partial charge is 0.493 e. The van der Waals surface area contributed by atoms with Gasteiger partial charge in [0.1, 0.15) is 0 Å². The Bertz CT molecular complexity index is 772. The predicted octanol–water partition coefficient (Wildman–Crippen LogP) is 5.09. The number of hydrogen-bond donors (Lipinski definition) is 1. The molecule has 0 saturated carbocycles. The maximum absolute atomic E-state index is 12.7. The van der Waals surface area contributed by atoms with Gasteiger partial charge < -0.3 is 14.8 Å². The van der Waals surface area contributed by atoms with E-state index < -0.39 is 18.6 Å². The SMILES string of the molecule is COc1cccc(C(=O)NC(C)c2ccc(Cl)cc2Cl)c1OC(F)F. The van der Waals surface area contributed by atoms with Gasteiger partial charge in [-0.05, 0) is 36.8 Å². The van der Waals surface area contributed by atoms with Crippen LogP contribution in [-0.4, -0.2) is 19.6 Å². The minimum absolute atomic E-state index is 0.0325. The smallest absolute Gasteiger partial charge is 0.387 e. The number of halogens is 4. The Labute approximate surface area is 153 Å². The molecule has 1 N–H and O–H groups in total. The van der Waals surface area contributed by atoms with Gasteiger partial charge in [0.2, 0.25) is 0 Å². The zero-order valence-corrected chi connectivity index (χ0v) is 14.9. The zero-order valence-electron chi connectivity index (χ0n) is 13.4. The van der Waals surface area contributed by atoms with Gasteiger partial charge in [0.15, 0.2) is 11.5 Å². The molecule has 134 valence electrons. The summed E-state index contributed by atoms with van der Waals surface area (Å²) < 4.78 is 34.8. The van der Waals surface area contributed by atoms with Crippen molar-refractivity contribution in [1.29, 1.82) is 0 Å². The second-order valence-corrected chi connectivity index (χ2v) is 5.92. The number of para-hydroxylation sites is 1. The van der Waals surface area contributed by atoms with Crippen molar-refractivity contribution in [3.63, 3.8) is 0 Å². The lowest BCUT2D eigenvalue weighted by Crippen LogP contribution is -2.27. The number of carbonyl (C=O) groups excluding carboxylic acids is 1. The van der Waals surface area contributed by atoms with Crippen molar-refractivity contribution in [2.75, 3.05) is 7.11 Å². The number of hydrogen-bond acceptors (Lipinski definition) is 3. The van der Waals surface area contributed by atoms with E-state index in [2.05, 4.69) is 10.1 Å². The monoisotopic (exact) mass is 389 g/mol. The van der Waals surface area contributed by atoms with Gasteiger partial charge in [-0.1, -0.05) is 35.3 Å². The van der Waals surface area contributed by atoms with E-state index >= 15 is 0 Å². The molecule has 2 aromatic rings. The summed E-state index contributed by atoms with van der Waals surface area (Å²) in [6, 6.07) is 8.69. The molecule has 2 aromatic carbocycles. The van der Waals surface area contributed by atoms with Crippen LogP contribution in [0.2, 0.25) is 10.0 Å². The molecule has 0 fully saturated rings. The minimum Gasteiger partial charge on any atom is -0.493 e. The van der Waals surface area contributed by atoms with E-state index in [0.29, 0.717) is 15.6 Å². The Morgan fingerprint density at radius 2 is 1.92 bits per heavy atom. The molecule has 0 radical (unpaired) electrons. The lowest BCUT2D eigenvalue weighted by Gasteiger charge is -2.18. The van der Waals surface area contributed by atoms with E-state index in [1.807, 2.05) is 0 Å². The fraction of sp³-hybridized carbons (Fsp3) is 0.235. The third-order valence-corrected chi connectivity index (χ3v) is 3.99. The second kappa shape index (κ2) is 8.36. The molecular weight excluding hydrogens is 375 g/mol. The first-order valence-corrected chi connectivity index (χ1v) is 7.96. The molecule has 8 heteroatoms. The number of benzene rings is 2. The van der Waals surface area contributed by atoms with Crippen LogP contribution in [0.4, 0.5) is 8.78 Å². The van der Waals surface area contributed by atoms with Crippen LogP contribution < -0.4 is 14.8 Å². The van der Waals surface area contributed by atoms with Gasteiger partial charge in [-0.25, -0.2) is 0 Å². The molecule has 0 heterocycles. The summed E-state index contributed by atoms with van der Waals surface area (Å²) in [5, 5.41) is 3.54. The average molecular weight is 390 g/mol. The van der Waals surface area contributed by atoms with Crippen molar-refractivity contribution in [3.05, 3.63) is 57.6 Å². The highest BCUT2D eigenvalue weighted by atomic mass is 35.5. The number of amides is 1. The van der Waals surface area contributed by atoms with Crippen molar-refractivity contribution in [3.8, 4) is 11.5 Å². The molecule has 4 nitrogen and oxygen atoms in total. The summed E-state index contributed by atoms with van der Waals surface area (Å²) in [6.07, 6.45) is 0. The topological polar surface area (TPSA) is 47.6 Å². The molecule has 0 aromatic heterocycles. The molecule has 0 aliphatic carbocycles. The Morgan fingerprint density at radius 3 is 2.52 bits per heavy atom. The maximum atomic E-state index is 12.7. The van der Waals surface area contributed by atoms with Crippen LogP contribution in [0.1, 0.15) is 28.9 Å². The fourth-order valence-corrected chi connectivity index (χ4v) is 2.84. The summed E-state index contributed by atoms with van der Waals surface area (Å²) in [5.74, 6) is -0.898. The second-order valence-electron chi connectivity index (χ2n) is 5.08. The summed E-state index contributed by atoms with van der Waals surface area (Å²) in [5.41, 5.74) is 0.565. The highest BCUT2D eigenvalue weighted by molar-refractivity contribution is 6.35. The molecule has 0 aliphatic heterocycles. The van der Waals surface area contributed by atoms with Gasteiger partial charge in [0.05, 0.1) is 18.7 Å². The molecule has 0 spiro atoms. The summed E-state index contributed by atoms with van der Waals surface area (Å²) >= 11 is 12.0. The summed E-state index contributed by atoms with van der Waals surface area (Å²) in [6.45, 7) is -1.38. The van der Waals surface area contributed by atoms with Crippen LogP contribution in [0.25, 0.3) is 0 Å². The van der Waals surface area contributed by atoms with E-state index in [1.165, 1.54) is 25.3 Å². The van der Waals surface area contributed by atoms with E-state index in [1.54, 1.807) is 25.1 Å². The van der Waals surface area contributed by atoms with Crippen LogP contribution in [0.5, 0.6) is 11.5 Å². The molecule has 25 heavy (non-hydrogen) atoms. The molecule has 1 unspecified atom stereocenters. The molecule has 0 aliphatic rings. The summed E-state index contributed by atoms with van der Waals surface area (Å²) in [4.78, 5) is 12.5. The minimum atomic E-state index is -3.09. The Morgan fingerprint density at radius 1 is 1.20 bits per heavy atom. The lowest BCUT2D eigenvalue weighted by atomic mass is 10.1. The first-order chi connectivity index (χ1) is 11.8. The molecular formula is C17H15Cl2F2NO3. The van der Waals surface area contributed by atoms with Crippen LogP contribution in [0.15, 0.2) is 36.4 Å². The first-order valence-electron chi connectivity index (χ1n) is 7.21. The van der Waals surface area contributed by atoms with E-state index in [4.69, 9.17) is 27.9 Å². The van der Waals surface area contributed by atoms with Crippen molar-refractivity contribution >= 4 is 29.1 Å². The average Bonchev–Trinajstić information content (AvgIpc) is 2.54. The van der Waals surface area contributed by atoms with Crippen molar-refractivity contribution in [2.45, 2.75) is 19.6 Å². The van der Waals surface area contributed by atoms with Crippen molar-refractivity contribution in [1.82, 2.24) is 5.32 Å². The maximum Gasteiger partial charge on any atom is 0.387 e. The Hall–Kier alpha value is -2.05. The van der Waals surface area contributed by atoms with Crippen LogP contribution in [-0.2, 0) is 0 Å². The summed E-state index contributed by atoms with van der Waals surface area (Å²) in [7, 11) is 1.30. The van der Waals surface area contributed by atoms with Crippen molar-refractivity contribution in [2.24, 2.45) is 0 Å². The molecule has 2 rings (SSSR count). The van der Waals surface area contributed by atoms with Gasteiger partial charge in [-0.3, -0.25) is 4.79 Å². The Kier molecular flexibility index (Phi) is 6.45. The standard InChI is InChI=1S/C17H15Cl2F2NO3/c1-9(11-7-6-10(18)8-13(11)19)22-16(23)12-4-3-5-14(24-2)15(12)25-17(20)21/h3-9,17H,1-2H3,(H,22,23). The number of ether oxygens (including phenoxy) is 2. The molecule has 1 amide bonds. The first kappa shape index (κ1) is 19.3. The highest BCUT2D eigenvalue weighted by Gasteiger charge is 2.22. The highest BCUT2D eigenvalue weighted by Crippen LogP contribution is 2.33. The van der Waals surface area contributed by atoms with Crippen LogP contribution >= 0.6 is 23.2 Å². The van der Waals surface area contributed by atoms with E-state index in [9.17, 15) is 13.6 Å². The number of alkyl halides is 2. The number of methoxy groups -OCH3 is 1. The van der Waals surface area contributed by atoms with Gasteiger partial charge in [0, 0.05) is 10.0 Å². The van der Waals surface area contributed by atoms with E-state index in [-0.39, 0.29) is 17.1 Å². The zero-order chi connectivity index (χ0) is 18.6. The number of nitrogens with one attached hydrogen (secondary N) is 1. The van der Waals surface area contributed by atoms with Gasteiger partial charge in [0.25, 0.3) is 5.91 Å².